The monoisotopic (exact) mass is 271 g/mol. The molecule has 108 valence electrons. The van der Waals surface area contributed by atoms with E-state index < -0.39 is 0 Å². The quantitative estimate of drug-likeness (QED) is 0.895. The van der Waals surface area contributed by atoms with E-state index in [1.54, 1.807) is 0 Å². The minimum Gasteiger partial charge on any atom is -0.330 e. The van der Waals surface area contributed by atoms with Crippen LogP contribution in [-0.2, 0) is 0 Å². The highest BCUT2D eigenvalue weighted by atomic mass is 15.1. The van der Waals surface area contributed by atoms with Crippen molar-refractivity contribution in [2.24, 2.45) is 0 Å². The number of nitrogens with one attached hydrogen (secondary N) is 1. The van der Waals surface area contributed by atoms with Gasteiger partial charge in [-0.1, -0.05) is 43.7 Å². The summed E-state index contributed by atoms with van der Waals surface area (Å²) in [4.78, 5) is 4.50. The third-order valence-electron chi connectivity index (χ3n) is 3.88. The maximum absolute atomic E-state index is 4.50. The first-order valence-corrected chi connectivity index (χ1v) is 7.31. The molecule has 0 spiro atoms. The van der Waals surface area contributed by atoms with Crippen molar-refractivity contribution < 1.29 is 0 Å². The molecule has 1 aromatic heterocycles. The number of benzene rings is 1. The fourth-order valence-corrected chi connectivity index (χ4v) is 2.74. The Bertz CT molecular complexity index is 540. The Morgan fingerprint density at radius 1 is 1.10 bits per heavy atom. The summed E-state index contributed by atoms with van der Waals surface area (Å²) in [5.41, 5.74) is 2.61. The van der Waals surface area contributed by atoms with Crippen LogP contribution >= 0.6 is 0 Å². The van der Waals surface area contributed by atoms with Crippen LogP contribution in [0.5, 0.6) is 0 Å². The second-order valence-corrected chi connectivity index (χ2v) is 5.77. The molecule has 2 aromatic rings. The third-order valence-corrected chi connectivity index (χ3v) is 3.88. The van der Waals surface area contributed by atoms with Crippen molar-refractivity contribution in [1.29, 1.82) is 0 Å². The number of rotatable bonds is 5. The van der Waals surface area contributed by atoms with Crippen molar-refractivity contribution >= 4 is 0 Å². The van der Waals surface area contributed by atoms with E-state index >= 15 is 0 Å². The van der Waals surface area contributed by atoms with Crippen LogP contribution in [-0.4, -0.2) is 16.6 Å². The Morgan fingerprint density at radius 2 is 1.75 bits per heavy atom. The Kier molecular flexibility index (Phi) is 4.61. The lowest BCUT2D eigenvalue weighted by molar-refractivity contribution is 0.387. The SMILES string of the molecule is CNC(c1ccc(C)cc1)C(C)n1ccnc1C(C)C. The first-order chi connectivity index (χ1) is 9.54. The average molecular weight is 271 g/mol. The van der Waals surface area contributed by atoms with Crippen LogP contribution in [0.25, 0.3) is 0 Å². The molecule has 2 atom stereocenters. The number of imidazole rings is 1. The zero-order chi connectivity index (χ0) is 14.7. The van der Waals surface area contributed by atoms with Gasteiger partial charge in [0.1, 0.15) is 5.82 Å². The van der Waals surface area contributed by atoms with Crippen LogP contribution in [0.3, 0.4) is 0 Å². The largest absolute Gasteiger partial charge is 0.330 e. The summed E-state index contributed by atoms with van der Waals surface area (Å²) in [5, 5.41) is 3.44. The standard InChI is InChI=1S/C17H25N3/c1-12(2)17-19-10-11-20(17)14(4)16(18-5)15-8-6-13(3)7-9-15/h6-12,14,16,18H,1-5H3. The van der Waals surface area contributed by atoms with E-state index in [0.29, 0.717) is 12.0 Å². The summed E-state index contributed by atoms with van der Waals surface area (Å²) in [5.74, 6) is 1.58. The predicted molar refractivity (Wildman–Crippen MR) is 84.0 cm³/mol. The second-order valence-electron chi connectivity index (χ2n) is 5.77. The smallest absolute Gasteiger partial charge is 0.111 e. The van der Waals surface area contributed by atoms with Gasteiger partial charge in [0, 0.05) is 18.3 Å². The van der Waals surface area contributed by atoms with E-state index in [0.717, 1.165) is 5.82 Å². The van der Waals surface area contributed by atoms with Gasteiger partial charge in [-0.2, -0.15) is 0 Å². The molecule has 0 aliphatic carbocycles. The van der Waals surface area contributed by atoms with Crippen LogP contribution in [0.1, 0.15) is 55.7 Å². The van der Waals surface area contributed by atoms with Gasteiger partial charge in [0.2, 0.25) is 0 Å². The van der Waals surface area contributed by atoms with E-state index in [2.05, 4.69) is 73.0 Å². The molecule has 1 heterocycles. The number of aromatic nitrogens is 2. The predicted octanol–water partition coefficient (Wildman–Crippen LogP) is 3.84. The molecule has 2 rings (SSSR count). The first-order valence-electron chi connectivity index (χ1n) is 7.31. The highest BCUT2D eigenvalue weighted by Gasteiger charge is 2.21. The zero-order valence-corrected chi connectivity index (χ0v) is 13.1. The average Bonchev–Trinajstić information content (AvgIpc) is 2.91. The minimum absolute atomic E-state index is 0.280. The van der Waals surface area contributed by atoms with Crippen LogP contribution in [0, 0.1) is 6.92 Å². The van der Waals surface area contributed by atoms with E-state index in [4.69, 9.17) is 0 Å². The van der Waals surface area contributed by atoms with Crippen LogP contribution < -0.4 is 5.32 Å². The van der Waals surface area contributed by atoms with Crippen molar-refractivity contribution in [2.45, 2.75) is 45.7 Å². The van der Waals surface area contributed by atoms with Crippen molar-refractivity contribution in [3.05, 3.63) is 53.6 Å². The summed E-state index contributed by atoms with van der Waals surface area (Å²) in [6.45, 7) is 8.74. The molecule has 0 amide bonds. The molecule has 1 N–H and O–H groups in total. The van der Waals surface area contributed by atoms with Gasteiger partial charge in [-0.15, -0.1) is 0 Å². The van der Waals surface area contributed by atoms with E-state index in [1.165, 1.54) is 11.1 Å². The molecular weight excluding hydrogens is 246 g/mol. The zero-order valence-electron chi connectivity index (χ0n) is 13.1. The molecule has 1 aromatic carbocycles. The molecule has 3 nitrogen and oxygen atoms in total. The fourth-order valence-electron chi connectivity index (χ4n) is 2.74. The summed E-state index contributed by atoms with van der Waals surface area (Å²) >= 11 is 0. The molecule has 0 radical (unpaired) electrons. The van der Waals surface area contributed by atoms with E-state index in [9.17, 15) is 0 Å². The molecule has 0 bridgehead atoms. The molecule has 20 heavy (non-hydrogen) atoms. The number of hydrogen-bond acceptors (Lipinski definition) is 2. The van der Waals surface area contributed by atoms with Crippen molar-refractivity contribution in [2.75, 3.05) is 7.05 Å². The highest BCUT2D eigenvalue weighted by Crippen LogP contribution is 2.28. The van der Waals surface area contributed by atoms with Gasteiger partial charge in [0.25, 0.3) is 0 Å². The van der Waals surface area contributed by atoms with Crippen molar-refractivity contribution in [3.8, 4) is 0 Å². The van der Waals surface area contributed by atoms with Crippen molar-refractivity contribution in [1.82, 2.24) is 14.9 Å². The lowest BCUT2D eigenvalue weighted by atomic mass is 9.99. The van der Waals surface area contributed by atoms with Crippen molar-refractivity contribution in [3.63, 3.8) is 0 Å². The second kappa shape index (κ2) is 6.23. The normalized spacial score (nSPS) is 14.5. The molecular formula is C17H25N3. The fraction of sp³-hybridized carbons (Fsp3) is 0.471. The molecule has 0 aliphatic heterocycles. The summed E-state index contributed by atoms with van der Waals surface area (Å²) in [6.07, 6.45) is 3.98. The molecule has 0 fully saturated rings. The van der Waals surface area contributed by atoms with Gasteiger partial charge >= 0.3 is 0 Å². The van der Waals surface area contributed by atoms with E-state index in [1.807, 2.05) is 13.2 Å². The molecule has 3 heteroatoms. The molecule has 0 saturated heterocycles. The first kappa shape index (κ1) is 14.8. The molecule has 2 unspecified atom stereocenters. The maximum atomic E-state index is 4.50. The topological polar surface area (TPSA) is 29.9 Å². The Balaban J connectivity index is 2.31. The van der Waals surface area contributed by atoms with Crippen LogP contribution in [0.15, 0.2) is 36.7 Å². The summed E-state index contributed by atoms with van der Waals surface area (Å²) in [6, 6.07) is 9.36. The lowest BCUT2D eigenvalue weighted by Gasteiger charge is -2.27. The van der Waals surface area contributed by atoms with Gasteiger partial charge in [0.15, 0.2) is 0 Å². The third kappa shape index (κ3) is 2.93. The summed E-state index contributed by atoms with van der Waals surface area (Å²) in [7, 11) is 2.02. The molecule has 0 aliphatic rings. The number of nitrogens with zero attached hydrogens (tertiary/aromatic N) is 2. The maximum Gasteiger partial charge on any atom is 0.111 e. The van der Waals surface area contributed by atoms with Gasteiger partial charge in [-0.25, -0.2) is 4.98 Å². The lowest BCUT2D eigenvalue weighted by Crippen LogP contribution is -2.27. The van der Waals surface area contributed by atoms with Gasteiger partial charge in [-0.05, 0) is 26.5 Å². The minimum atomic E-state index is 0.280. The number of aryl methyl sites for hydroxylation is 1. The van der Waals surface area contributed by atoms with Crippen LogP contribution in [0.4, 0.5) is 0 Å². The Morgan fingerprint density at radius 3 is 2.30 bits per heavy atom. The Hall–Kier alpha value is -1.61. The highest BCUT2D eigenvalue weighted by molar-refractivity contribution is 5.25. The summed E-state index contributed by atoms with van der Waals surface area (Å²) < 4.78 is 2.28. The van der Waals surface area contributed by atoms with E-state index in [-0.39, 0.29) is 6.04 Å². The van der Waals surface area contributed by atoms with Crippen LogP contribution in [0.2, 0.25) is 0 Å². The van der Waals surface area contributed by atoms with Gasteiger partial charge < -0.3 is 9.88 Å². The number of likely N-dealkylation sites (N-methyl/N-ethyl adjacent to an activating group) is 1. The number of hydrogen-bond donors (Lipinski definition) is 1. The molecule has 0 saturated carbocycles. The van der Waals surface area contributed by atoms with Gasteiger partial charge in [-0.3, -0.25) is 0 Å². The Labute approximate surface area is 122 Å². The van der Waals surface area contributed by atoms with Gasteiger partial charge in [0.05, 0.1) is 12.1 Å².